The van der Waals surface area contributed by atoms with Crippen molar-refractivity contribution in [1.82, 2.24) is 0 Å². The van der Waals surface area contributed by atoms with E-state index in [9.17, 15) is 18.3 Å². The molecule has 0 spiro atoms. The zero-order valence-corrected chi connectivity index (χ0v) is 14.0. The van der Waals surface area contributed by atoms with E-state index in [-0.39, 0.29) is 30.2 Å². The number of guanidine groups is 1. The topological polar surface area (TPSA) is 162 Å². The van der Waals surface area contributed by atoms with Crippen molar-refractivity contribution in [2.24, 2.45) is 22.2 Å². The lowest BCUT2D eigenvalue weighted by molar-refractivity contribution is -0.140. The van der Waals surface area contributed by atoms with Gasteiger partial charge in [0.2, 0.25) is 14.7 Å². The number of benzene rings is 1. The fourth-order valence-corrected chi connectivity index (χ4v) is 3.55. The van der Waals surface area contributed by atoms with Crippen LogP contribution in [0.1, 0.15) is 12.8 Å². The number of nitrogens with zero attached hydrogens (tertiary/aromatic N) is 1. The summed E-state index contributed by atoms with van der Waals surface area (Å²) in [6.45, 7) is 0.0877. The van der Waals surface area contributed by atoms with Crippen molar-refractivity contribution >= 4 is 37.7 Å². The molecule has 122 valence electrons. The Balaban J connectivity index is 3.09. The largest absolute Gasteiger partial charge is 0.479 e. The molecule has 7 N–H and O–H groups in total. The molecule has 0 radical (unpaired) electrons. The van der Waals surface area contributed by atoms with Crippen molar-refractivity contribution in [2.45, 2.75) is 22.6 Å². The molecule has 0 aliphatic heterocycles. The number of sulfone groups is 1. The fraction of sp³-hybridized carbons (Fsp3) is 0.333. The molecule has 0 aliphatic carbocycles. The van der Waals surface area contributed by atoms with E-state index in [1.807, 2.05) is 0 Å². The molecule has 1 unspecified atom stereocenters. The van der Waals surface area contributed by atoms with Gasteiger partial charge in [0, 0.05) is 11.0 Å². The van der Waals surface area contributed by atoms with Gasteiger partial charge in [-0.25, -0.2) is 13.2 Å². The molecule has 0 bridgehead atoms. The Hall–Kier alpha value is -1.65. The van der Waals surface area contributed by atoms with E-state index < -0.39 is 20.7 Å². The van der Waals surface area contributed by atoms with Crippen LogP contribution in [0, 0.1) is 0 Å². The van der Waals surface area contributed by atoms with Crippen LogP contribution in [0.5, 0.6) is 0 Å². The highest BCUT2D eigenvalue weighted by Crippen LogP contribution is 2.27. The molecule has 10 heteroatoms. The summed E-state index contributed by atoms with van der Waals surface area (Å²) in [5.41, 5.74) is 16.0. The fourth-order valence-electron chi connectivity index (χ4n) is 1.73. The predicted molar refractivity (Wildman–Crippen MR) is 85.8 cm³/mol. The van der Waals surface area contributed by atoms with Crippen molar-refractivity contribution in [3.63, 3.8) is 0 Å². The number of hydrogen-bond donors (Lipinski definition) is 4. The van der Waals surface area contributed by atoms with E-state index in [1.165, 1.54) is 24.3 Å². The van der Waals surface area contributed by atoms with Gasteiger partial charge in [0.25, 0.3) is 0 Å². The third-order valence-corrected chi connectivity index (χ3v) is 5.73. The minimum atomic E-state index is -4.27. The van der Waals surface area contributed by atoms with Crippen LogP contribution in [0.4, 0.5) is 0 Å². The first-order valence-corrected chi connectivity index (χ1v) is 8.47. The average Bonchev–Trinajstić information content (AvgIpc) is 2.43. The quantitative estimate of drug-likeness (QED) is 0.288. The maximum absolute atomic E-state index is 12.5. The van der Waals surface area contributed by atoms with E-state index in [4.69, 9.17) is 17.2 Å². The van der Waals surface area contributed by atoms with Crippen molar-refractivity contribution in [2.75, 3.05) is 6.54 Å². The van der Waals surface area contributed by atoms with Crippen LogP contribution < -0.4 is 17.2 Å². The maximum atomic E-state index is 12.5. The number of carboxylic acids is 1. The molecule has 1 rings (SSSR count). The minimum Gasteiger partial charge on any atom is -0.479 e. The molecular formula is C12H17BrN4O4S. The normalized spacial score (nSPS) is 14.1. The van der Waals surface area contributed by atoms with Crippen molar-refractivity contribution in [3.05, 3.63) is 28.7 Å². The highest BCUT2D eigenvalue weighted by atomic mass is 79.9. The molecule has 0 saturated heterocycles. The molecule has 1 atom stereocenters. The first-order chi connectivity index (χ1) is 10.1. The lowest BCUT2D eigenvalue weighted by Crippen LogP contribution is -2.54. The number of carbonyl (C=O) groups is 1. The molecule has 0 saturated carbocycles. The molecule has 0 aliphatic rings. The van der Waals surface area contributed by atoms with E-state index in [0.717, 1.165) is 0 Å². The van der Waals surface area contributed by atoms with Crippen LogP contribution in [0.2, 0.25) is 0 Å². The Morgan fingerprint density at radius 3 is 2.27 bits per heavy atom. The second-order valence-corrected chi connectivity index (χ2v) is 7.68. The molecular weight excluding hydrogens is 376 g/mol. The van der Waals surface area contributed by atoms with Gasteiger partial charge in [-0.2, -0.15) is 0 Å². The number of carboxylic acid groups (broad SMARTS) is 1. The average molecular weight is 393 g/mol. The molecule has 8 nitrogen and oxygen atoms in total. The van der Waals surface area contributed by atoms with Crippen LogP contribution in [0.15, 0.2) is 38.6 Å². The number of rotatable bonds is 7. The Morgan fingerprint density at radius 2 is 1.82 bits per heavy atom. The van der Waals surface area contributed by atoms with Crippen LogP contribution in [0.3, 0.4) is 0 Å². The maximum Gasteiger partial charge on any atom is 0.339 e. The zero-order valence-electron chi connectivity index (χ0n) is 11.6. The van der Waals surface area contributed by atoms with Gasteiger partial charge in [0.15, 0.2) is 5.96 Å². The summed E-state index contributed by atoms with van der Waals surface area (Å²) < 4.78 is 25.7. The van der Waals surface area contributed by atoms with Gasteiger partial charge in [-0.05, 0) is 37.1 Å². The van der Waals surface area contributed by atoms with E-state index >= 15 is 0 Å². The number of halogens is 1. The monoisotopic (exact) mass is 392 g/mol. The number of nitrogens with two attached hydrogens (primary N) is 3. The molecule has 0 fully saturated rings. The van der Waals surface area contributed by atoms with Crippen molar-refractivity contribution < 1.29 is 18.3 Å². The van der Waals surface area contributed by atoms with E-state index in [2.05, 4.69) is 20.9 Å². The van der Waals surface area contributed by atoms with Gasteiger partial charge in [-0.15, -0.1) is 0 Å². The molecule has 22 heavy (non-hydrogen) atoms. The SMILES string of the molecule is NC(N)=NCCCC(N)(C(=O)O)S(=O)(=O)c1ccc(Br)cc1. The Bertz CT molecular complexity index is 671. The first-order valence-electron chi connectivity index (χ1n) is 6.19. The summed E-state index contributed by atoms with van der Waals surface area (Å²) in [6, 6.07) is 5.57. The van der Waals surface area contributed by atoms with E-state index in [1.54, 1.807) is 0 Å². The lowest BCUT2D eigenvalue weighted by Gasteiger charge is -2.24. The molecule has 0 heterocycles. The van der Waals surface area contributed by atoms with Crippen LogP contribution >= 0.6 is 15.9 Å². The highest BCUT2D eigenvalue weighted by molar-refractivity contribution is 9.10. The Kier molecular flexibility index (Phi) is 5.92. The number of aliphatic carboxylic acids is 1. The van der Waals surface area contributed by atoms with Gasteiger partial charge in [-0.1, -0.05) is 15.9 Å². The molecule has 1 aromatic carbocycles. The first kappa shape index (κ1) is 18.4. The van der Waals surface area contributed by atoms with Gasteiger partial charge in [0.05, 0.1) is 4.90 Å². The third-order valence-electron chi connectivity index (χ3n) is 2.97. The number of aliphatic imine (C=N–C) groups is 1. The zero-order chi connectivity index (χ0) is 17.0. The standard InChI is InChI=1S/C12H17BrN4O4S/c13-8-2-4-9(5-3-8)22(20,21)12(16,10(18)19)6-1-7-17-11(14)15/h2-5H,1,6-7,16H2,(H,18,19)(H4,14,15,17). The summed E-state index contributed by atoms with van der Waals surface area (Å²) in [4.78, 5) is 12.5. The summed E-state index contributed by atoms with van der Waals surface area (Å²) in [6.07, 6.45) is -0.214. The number of hydrogen-bond acceptors (Lipinski definition) is 5. The predicted octanol–water partition coefficient (Wildman–Crippen LogP) is 0.0160. The summed E-state index contributed by atoms with van der Waals surface area (Å²) >= 11 is 3.18. The molecule has 0 amide bonds. The van der Waals surface area contributed by atoms with Gasteiger partial charge < -0.3 is 22.3 Å². The van der Waals surface area contributed by atoms with Gasteiger partial charge >= 0.3 is 5.97 Å². The van der Waals surface area contributed by atoms with Crippen LogP contribution in [0.25, 0.3) is 0 Å². The molecule has 0 aromatic heterocycles. The van der Waals surface area contributed by atoms with Crippen molar-refractivity contribution in [3.8, 4) is 0 Å². The second-order valence-electron chi connectivity index (χ2n) is 4.56. The third kappa shape index (κ3) is 3.96. The Labute approximate surface area is 136 Å². The molecule has 1 aromatic rings. The van der Waals surface area contributed by atoms with Gasteiger partial charge in [0.1, 0.15) is 0 Å². The summed E-state index contributed by atoms with van der Waals surface area (Å²) in [5, 5.41) is 9.29. The second kappa shape index (κ2) is 7.07. The highest BCUT2D eigenvalue weighted by Gasteiger charge is 2.47. The smallest absolute Gasteiger partial charge is 0.339 e. The Morgan fingerprint density at radius 1 is 1.27 bits per heavy atom. The minimum absolute atomic E-state index is 0.0877. The lowest BCUT2D eigenvalue weighted by atomic mass is 10.1. The van der Waals surface area contributed by atoms with E-state index in [0.29, 0.717) is 4.47 Å². The summed E-state index contributed by atoms with van der Waals surface area (Å²) in [5.74, 6) is -1.78. The van der Waals surface area contributed by atoms with Crippen molar-refractivity contribution in [1.29, 1.82) is 0 Å². The summed E-state index contributed by atoms with van der Waals surface area (Å²) in [7, 11) is -4.27. The van der Waals surface area contributed by atoms with Crippen LogP contribution in [-0.2, 0) is 14.6 Å². The van der Waals surface area contributed by atoms with Gasteiger partial charge in [-0.3, -0.25) is 4.99 Å². The van der Waals surface area contributed by atoms with Crippen LogP contribution in [-0.4, -0.2) is 36.9 Å².